The van der Waals surface area contributed by atoms with Gasteiger partial charge in [0.25, 0.3) is 11.8 Å². The van der Waals surface area contributed by atoms with Crippen LogP contribution in [0.15, 0.2) is 36.4 Å². The summed E-state index contributed by atoms with van der Waals surface area (Å²) in [5, 5.41) is 12.2. The number of amides is 2. The largest absolute Gasteiger partial charge is 0.393 e. The molecule has 0 spiro atoms. The zero-order valence-corrected chi connectivity index (χ0v) is 18.0. The van der Waals surface area contributed by atoms with E-state index in [0.717, 1.165) is 12.1 Å². The highest BCUT2D eigenvalue weighted by molar-refractivity contribution is 6.31. The lowest BCUT2D eigenvalue weighted by molar-refractivity contribution is -0.165. The van der Waals surface area contributed by atoms with Crippen LogP contribution < -0.4 is 5.32 Å². The molecule has 0 radical (unpaired) electrons. The zero-order valence-electron chi connectivity index (χ0n) is 17.2. The predicted octanol–water partition coefficient (Wildman–Crippen LogP) is 4.65. The molecule has 5 nitrogen and oxygen atoms in total. The van der Waals surface area contributed by atoms with Crippen LogP contribution in [0.4, 0.5) is 18.9 Å². The standard InChI is InChI=1S/C23H22ClF3N2O3/c1-12-2-3-13(21(31)28-14-4-7-20(25)19(24)9-14)8-18(12)23(26,27)22(32)29-15-5-6-16(29)11-17(30)10-15/h2-4,7-9,15-17,30H,5-6,10-11H2,1H3,(H,28,31)/t15-,16+,17?. The monoisotopic (exact) mass is 466 g/mol. The van der Waals surface area contributed by atoms with E-state index in [9.17, 15) is 19.1 Å². The molecule has 3 atom stereocenters. The lowest BCUT2D eigenvalue weighted by atomic mass is 9.95. The molecule has 2 aromatic carbocycles. The second kappa shape index (κ2) is 8.41. The van der Waals surface area contributed by atoms with Crippen LogP contribution in [0.5, 0.6) is 0 Å². The van der Waals surface area contributed by atoms with Crippen molar-refractivity contribution in [1.29, 1.82) is 0 Å². The first-order chi connectivity index (χ1) is 15.1. The third-order valence-corrected chi connectivity index (χ3v) is 6.52. The Morgan fingerprint density at radius 2 is 1.78 bits per heavy atom. The van der Waals surface area contributed by atoms with Crippen LogP contribution in [-0.2, 0) is 10.7 Å². The number of alkyl halides is 2. The Kier molecular flexibility index (Phi) is 5.94. The molecule has 2 fully saturated rings. The van der Waals surface area contributed by atoms with Gasteiger partial charge in [-0.1, -0.05) is 17.7 Å². The van der Waals surface area contributed by atoms with Crippen molar-refractivity contribution < 1.29 is 27.9 Å². The van der Waals surface area contributed by atoms with Crippen molar-refractivity contribution in [3.05, 3.63) is 63.9 Å². The highest BCUT2D eigenvalue weighted by Gasteiger charge is 2.52. The summed E-state index contributed by atoms with van der Waals surface area (Å²) < 4.78 is 44.1. The number of carbonyl (C=O) groups is 2. The van der Waals surface area contributed by atoms with Gasteiger partial charge in [-0.15, -0.1) is 0 Å². The van der Waals surface area contributed by atoms with Gasteiger partial charge in [-0.2, -0.15) is 8.78 Å². The highest BCUT2D eigenvalue weighted by atomic mass is 35.5. The molecule has 2 aliphatic rings. The summed E-state index contributed by atoms with van der Waals surface area (Å²) in [6, 6.07) is 6.52. The van der Waals surface area contributed by atoms with E-state index in [-0.39, 0.29) is 21.8 Å². The average Bonchev–Trinajstić information content (AvgIpc) is 3.00. The Labute approximate surface area is 188 Å². The maximum atomic E-state index is 15.4. The van der Waals surface area contributed by atoms with E-state index < -0.39 is 47.3 Å². The third kappa shape index (κ3) is 4.09. The van der Waals surface area contributed by atoms with Crippen molar-refractivity contribution in [3.63, 3.8) is 0 Å². The van der Waals surface area contributed by atoms with Crippen LogP contribution >= 0.6 is 11.6 Å². The third-order valence-electron chi connectivity index (χ3n) is 6.23. The smallest absolute Gasteiger partial charge is 0.350 e. The highest BCUT2D eigenvalue weighted by Crippen LogP contribution is 2.41. The number of carbonyl (C=O) groups excluding carboxylic acids is 2. The Morgan fingerprint density at radius 1 is 1.12 bits per heavy atom. The van der Waals surface area contributed by atoms with Gasteiger partial charge >= 0.3 is 5.92 Å². The molecular weight excluding hydrogens is 445 g/mol. The van der Waals surface area contributed by atoms with E-state index in [2.05, 4.69) is 5.32 Å². The summed E-state index contributed by atoms with van der Waals surface area (Å²) >= 11 is 5.71. The second-order valence-corrected chi connectivity index (χ2v) is 8.82. The minimum absolute atomic E-state index is 0.0736. The van der Waals surface area contributed by atoms with Crippen LogP contribution in [0, 0.1) is 12.7 Å². The van der Waals surface area contributed by atoms with Crippen molar-refractivity contribution in [3.8, 4) is 0 Å². The van der Waals surface area contributed by atoms with E-state index in [1.807, 2.05) is 0 Å². The van der Waals surface area contributed by atoms with E-state index >= 15 is 8.78 Å². The van der Waals surface area contributed by atoms with E-state index in [4.69, 9.17) is 11.6 Å². The molecule has 1 unspecified atom stereocenters. The van der Waals surface area contributed by atoms with Gasteiger partial charge in [0, 0.05) is 28.9 Å². The van der Waals surface area contributed by atoms with E-state index in [1.54, 1.807) is 0 Å². The quantitative estimate of drug-likeness (QED) is 0.689. The Hall–Kier alpha value is -2.58. The number of hydrogen-bond donors (Lipinski definition) is 2. The Balaban J connectivity index is 1.59. The fourth-order valence-corrected chi connectivity index (χ4v) is 4.82. The van der Waals surface area contributed by atoms with Crippen LogP contribution in [0.3, 0.4) is 0 Å². The van der Waals surface area contributed by atoms with Gasteiger partial charge in [0.2, 0.25) is 0 Å². The summed E-state index contributed by atoms with van der Waals surface area (Å²) in [6.07, 6.45) is 1.18. The van der Waals surface area contributed by atoms with Gasteiger partial charge in [0.15, 0.2) is 0 Å². The number of halogens is 4. The number of fused-ring (bicyclic) bond motifs is 2. The van der Waals surface area contributed by atoms with Crippen LogP contribution in [-0.4, -0.2) is 40.0 Å². The van der Waals surface area contributed by atoms with Gasteiger partial charge in [-0.25, -0.2) is 4.39 Å². The number of anilines is 1. The fourth-order valence-electron chi connectivity index (χ4n) is 4.64. The lowest BCUT2D eigenvalue weighted by Gasteiger charge is -2.39. The summed E-state index contributed by atoms with van der Waals surface area (Å²) in [6.45, 7) is 1.45. The van der Waals surface area contributed by atoms with Crippen molar-refractivity contribution in [2.45, 2.75) is 56.7 Å². The molecule has 0 aromatic heterocycles. The van der Waals surface area contributed by atoms with Gasteiger partial charge < -0.3 is 15.3 Å². The fraction of sp³-hybridized carbons (Fsp3) is 0.391. The second-order valence-electron chi connectivity index (χ2n) is 8.41. The number of hydrogen-bond acceptors (Lipinski definition) is 3. The maximum absolute atomic E-state index is 15.4. The topological polar surface area (TPSA) is 69.6 Å². The molecule has 170 valence electrons. The molecule has 2 aliphatic heterocycles. The number of nitrogens with one attached hydrogen (secondary N) is 1. The van der Waals surface area contributed by atoms with Gasteiger partial charge in [0.05, 0.1) is 11.1 Å². The van der Waals surface area contributed by atoms with Crippen LogP contribution in [0.25, 0.3) is 0 Å². The molecular formula is C23H22ClF3N2O3. The Morgan fingerprint density at radius 3 is 2.41 bits per heavy atom. The number of benzene rings is 2. The van der Waals surface area contributed by atoms with Crippen molar-refractivity contribution in [2.24, 2.45) is 0 Å². The van der Waals surface area contributed by atoms with E-state index in [1.165, 1.54) is 36.1 Å². The molecule has 2 N–H and O–H groups in total. The minimum Gasteiger partial charge on any atom is -0.393 e. The number of nitrogens with zero attached hydrogens (tertiary/aromatic N) is 1. The minimum atomic E-state index is -3.83. The molecule has 4 rings (SSSR count). The maximum Gasteiger partial charge on any atom is 0.350 e. The predicted molar refractivity (Wildman–Crippen MR) is 113 cm³/mol. The van der Waals surface area contributed by atoms with Crippen molar-refractivity contribution in [1.82, 2.24) is 4.90 Å². The normalized spacial score (nSPS) is 22.7. The average molecular weight is 467 g/mol. The van der Waals surface area contributed by atoms with E-state index in [0.29, 0.717) is 25.7 Å². The summed E-state index contributed by atoms with van der Waals surface area (Å²) in [4.78, 5) is 26.8. The zero-order chi connectivity index (χ0) is 23.2. The molecule has 2 heterocycles. The van der Waals surface area contributed by atoms with Gasteiger partial charge in [-0.05, 0) is 68.5 Å². The SMILES string of the molecule is Cc1ccc(C(=O)Nc2ccc(F)c(Cl)c2)cc1C(F)(F)C(=O)N1[C@@H]2CC[C@H]1CC(O)C2. The summed E-state index contributed by atoms with van der Waals surface area (Å²) in [5.41, 5.74) is -0.239. The molecule has 2 saturated heterocycles. The number of piperidine rings is 1. The Bertz CT molecular complexity index is 1060. The molecule has 0 aliphatic carbocycles. The van der Waals surface area contributed by atoms with Crippen LogP contribution in [0.2, 0.25) is 5.02 Å². The molecule has 32 heavy (non-hydrogen) atoms. The number of aliphatic hydroxyl groups is 1. The molecule has 2 amide bonds. The first kappa shape index (κ1) is 22.6. The number of aliphatic hydroxyl groups excluding tert-OH is 1. The summed E-state index contributed by atoms with van der Waals surface area (Å²) in [7, 11) is 0. The number of rotatable bonds is 4. The van der Waals surface area contributed by atoms with Crippen molar-refractivity contribution in [2.75, 3.05) is 5.32 Å². The van der Waals surface area contributed by atoms with Crippen molar-refractivity contribution >= 4 is 29.1 Å². The molecule has 2 bridgehead atoms. The number of aryl methyl sites for hydroxylation is 1. The van der Waals surface area contributed by atoms with Gasteiger partial charge in [0.1, 0.15) is 5.82 Å². The molecule has 2 aromatic rings. The lowest BCUT2D eigenvalue weighted by Crippen LogP contribution is -2.53. The first-order valence-corrected chi connectivity index (χ1v) is 10.7. The summed E-state index contributed by atoms with van der Waals surface area (Å²) in [5.74, 6) is -6.48. The molecule has 0 saturated carbocycles. The van der Waals surface area contributed by atoms with Crippen LogP contribution in [0.1, 0.15) is 47.2 Å². The molecule has 9 heteroatoms. The van der Waals surface area contributed by atoms with Gasteiger partial charge in [-0.3, -0.25) is 9.59 Å². The first-order valence-electron chi connectivity index (χ1n) is 10.3.